The molecule has 1 amide bonds. The van der Waals surface area contributed by atoms with E-state index in [0.717, 1.165) is 17.8 Å². The maximum atomic E-state index is 12.6. The van der Waals surface area contributed by atoms with Crippen LogP contribution in [0.3, 0.4) is 0 Å². The van der Waals surface area contributed by atoms with Gasteiger partial charge in [0.1, 0.15) is 5.82 Å². The third-order valence-electron chi connectivity index (χ3n) is 5.20. The van der Waals surface area contributed by atoms with Crippen LogP contribution in [0.2, 0.25) is 0 Å². The van der Waals surface area contributed by atoms with Gasteiger partial charge in [-0.15, -0.1) is 0 Å². The molecule has 1 aliphatic rings. The highest BCUT2D eigenvalue weighted by atomic mass is 16.2. The number of piperazine rings is 1. The first-order valence-corrected chi connectivity index (χ1v) is 9.88. The van der Waals surface area contributed by atoms with E-state index in [1.807, 2.05) is 43.1 Å². The van der Waals surface area contributed by atoms with Crippen LogP contribution in [0.1, 0.15) is 25.0 Å². The first-order valence-electron chi connectivity index (χ1n) is 9.88. The second-order valence-electron chi connectivity index (χ2n) is 8.08. The van der Waals surface area contributed by atoms with E-state index in [0.29, 0.717) is 32.0 Å². The maximum Gasteiger partial charge on any atom is 0.354 e. The summed E-state index contributed by atoms with van der Waals surface area (Å²) >= 11 is 0. The van der Waals surface area contributed by atoms with Crippen molar-refractivity contribution in [1.29, 1.82) is 0 Å². The van der Waals surface area contributed by atoms with Crippen molar-refractivity contribution in [2.45, 2.75) is 32.9 Å². The van der Waals surface area contributed by atoms with Crippen molar-refractivity contribution in [2.75, 3.05) is 38.1 Å². The van der Waals surface area contributed by atoms with Gasteiger partial charge in [-0.3, -0.25) is 9.36 Å². The molecular formula is C21H30N6O2. The number of nitrogens with one attached hydrogen (secondary N) is 1. The molecule has 3 rings (SSSR count). The number of anilines is 1. The van der Waals surface area contributed by atoms with Crippen molar-refractivity contribution >= 4 is 11.7 Å². The summed E-state index contributed by atoms with van der Waals surface area (Å²) in [7, 11) is 1.91. The molecule has 0 aliphatic carbocycles. The first kappa shape index (κ1) is 21.0. The van der Waals surface area contributed by atoms with E-state index >= 15 is 0 Å². The molecule has 8 heteroatoms. The Balaban J connectivity index is 1.73. The molecule has 1 aromatic carbocycles. The van der Waals surface area contributed by atoms with Crippen molar-refractivity contribution in [3.63, 3.8) is 0 Å². The molecule has 0 unspecified atom stereocenters. The molecule has 2 heterocycles. The lowest BCUT2D eigenvalue weighted by molar-refractivity contribution is -0.136. The Morgan fingerprint density at radius 1 is 1.21 bits per heavy atom. The third kappa shape index (κ3) is 4.65. The number of aryl methyl sites for hydroxylation is 1. The zero-order valence-corrected chi connectivity index (χ0v) is 17.6. The van der Waals surface area contributed by atoms with Gasteiger partial charge in [-0.1, -0.05) is 6.07 Å². The van der Waals surface area contributed by atoms with Gasteiger partial charge in [0.2, 0.25) is 5.91 Å². The molecule has 2 aromatic rings. The number of benzene rings is 1. The number of nitrogens with zero attached hydrogens (tertiary/aromatic N) is 4. The number of carbonyl (C=O) groups is 1. The number of amides is 1. The lowest BCUT2D eigenvalue weighted by Crippen LogP contribution is -2.57. The summed E-state index contributed by atoms with van der Waals surface area (Å²) in [6.45, 7) is 8.63. The molecule has 8 nitrogen and oxygen atoms in total. The Morgan fingerprint density at radius 3 is 2.45 bits per heavy atom. The minimum Gasteiger partial charge on any atom is -0.353 e. The quantitative estimate of drug-likeness (QED) is 0.768. The fraction of sp³-hybridized carbons (Fsp3) is 0.476. The van der Waals surface area contributed by atoms with E-state index in [-0.39, 0.29) is 11.6 Å². The highest BCUT2D eigenvalue weighted by Crippen LogP contribution is 2.17. The molecule has 0 bridgehead atoms. The van der Waals surface area contributed by atoms with Gasteiger partial charge < -0.3 is 20.9 Å². The van der Waals surface area contributed by atoms with Crippen molar-refractivity contribution < 1.29 is 4.79 Å². The zero-order chi connectivity index (χ0) is 21.2. The Kier molecular flexibility index (Phi) is 6.04. The summed E-state index contributed by atoms with van der Waals surface area (Å²) < 4.78 is 1.55. The smallest absolute Gasteiger partial charge is 0.353 e. The molecule has 156 valence electrons. The van der Waals surface area contributed by atoms with Crippen LogP contribution in [0.5, 0.6) is 0 Å². The van der Waals surface area contributed by atoms with Gasteiger partial charge in [0.15, 0.2) is 0 Å². The molecule has 3 N–H and O–H groups in total. The highest BCUT2D eigenvalue weighted by Gasteiger charge is 2.30. The van der Waals surface area contributed by atoms with Crippen molar-refractivity contribution in [3.05, 3.63) is 52.1 Å². The van der Waals surface area contributed by atoms with Gasteiger partial charge in [-0.2, -0.15) is 4.98 Å². The minimum atomic E-state index is -0.873. The van der Waals surface area contributed by atoms with Gasteiger partial charge in [-0.05, 0) is 57.1 Å². The number of aromatic nitrogens is 2. The summed E-state index contributed by atoms with van der Waals surface area (Å²) in [5.41, 5.74) is 7.85. The number of hydrogen-bond donors (Lipinski definition) is 2. The minimum absolute atomic E-state index is 0.0578. The Bertz CT molecular complexity index is 939. The van der Waals surface area contributed by atoms with E-state index in [9.17, 15) is 9.59 Å². The normalized spacial score (nSPS) is 14.9. The van der Waals surface area contributed by atoms with Crippen LogP contribution in [0.4, 0.5) is 5.82 Å². The third-order valence-corrected chi connectivity index (χ3v) is 5.20. The van der Waals surface area contributed by atoms with Crippen LogP contribution < -0.4 is 21.6 Å². The number of carbonyl (C=O) groups excluding carboxylic acids is 1. The first-order chi connectivity index (χ1) is 13.7. The monoisotopic (exact) mass is 398 g/mol. The van der Waals surface area contributed by atoms with Crippen molar-refractivity contribution in [1.82, 2.24) is 19.8 Å². The van der Waals surface area contributed by atoms with Crippen LogP contribution in [0, 0.1) is 6.92 Å². The summed E-state index contributed by atoms with van der Waals surface area (Å²) in [6.07, 6.45) is 1.76. The molecule has 0 spiro atoms. The number of nitrogens with two attached hydrogens (primary N) is 1. The van der Waals surface area contributed by atoms with E-state index in [4.69, 9.17) is 5.73 Å². The molecule has 0 atom stereocenters. The number of rotatable bonds is 5. The van der Waals surface area contributed by atoms with Crippen molar-refractivity contribution in [3.8, 4) is 5.69 Å². The van der Waals surface area contributed by atoms with Crippen molar-refractivity contribution in [2.24, 2.45) is 5.73 Å². The molecule has 0 radical (unpaired) electrons. The lowest BCUT2D eigenvalue weighted by atomic mass is 10.0. The Labute approximate surface area is 171 Å². The predicted octanol–water partition coefficient (Wildman–Crippen LogP) is 0.646. The molecule has 1 saturated heterocycles. The molecule has 1 aromatic heterocycles. The van der Waals surface area contributed by atoms with E-state index < -0.39 is 5.54 Å². The van der Waals surface area contributed by atoms with Crippen LogP contribution in [-0.2, 0) is 11.3 Å². The van der Waals surface area contributed by atoms with E-state index in [2.05, 4.69) is 10.3 Å². The molecule has 1 aliphatic heterocycles. The average molecular weight is 399 g/mol. The van der Waals surface area contributed by atoms with Crippen LogP contribution >= 0.6 is 0 Å². The largest absolute Gasteiger partial charge is 0.354 e. The zero-order valence-electron chi connectivity index (χ0n) is 17.6. The molecular weight excluding hydrogens is 368 g/mol. The van der Waals surface area contributed by atoms with Gasteiger partial charge >= 0.3 is 5.69 Å². The molecule has 0 saturated carbocycles. The predicted molar refractivity (Wildman–Crippen MR) is 114 cm³/mol. The van der Waals surface area contributed by atoms with E-state index in [1.165, 1.54) is 5.56 Å². The van der Waals surface area contributed by atoms with Crippen LogP contribution in [-0.4, -0.2) is 59.1 Å². The lowest BCUT2D eigenvalue weighted by Gasteiger charge is -2.37. The summed E-state index contributed by atoms with van der Waals surface area (Å²) in [5.74, 6) is 0.575. The fourth-order valence-electron chi connectivity index (χ4n) is 3.53. The summed E-state index contributed by atoms with van der Waals surface area (Å²) in [5, 5.41) is 3.14. The van der Waals surface area contributed by atoms with Crippen LogP contribution in [0.25, 0.3) is 5.69 Å². The second-order valence-corrected chi connectivity index (χ2v) is 8.08. The topological polar surface area (TPSA) is 96.5 Å². The molecule has 1 fully saturated rings. The SMILES string of the molecule is CNCc1ccc(-n2ccc(N3CCN(C(=O)C(C)(C)N)CC3)nc2=O)cc1C. The summed E-state index contributed by atoms with van der Waals surface area (Å²) in [6, 6.07) is 7.80. The maximum absolute atomic E-state index is 12.6. The fourth-order valence-corrected chi connectivity index (χ4v) is 3.53. The average Bonchev–Trinajstić information content (AvgIpc) is 2.68. The van der Waals surface area contributed by atoms with E-state index in [1.54, 1.807) is 29.5 Å². The van der Waals surface area contributed by atoms with Gasteiger partial charge in [0.25, 0.3) is 0 Å². The molecule has 29 heavy (non-hydrogen) atoms. The van der Waals surface area contributed by atoms with Gasteiger partial charge in [0.05, 0.1) is 11.2 Å². The Morgan fingerprint density at radius 2 is 1.90 bits per heavy atom. The van der Waals surface area contributed by atoms with Crippen LogP contribution in [0.15, 0.2) is 35.3 Å². The summed E-state index contributed by atoms with van der Waals surface area (Å²) in [4.78, 5) is 33.0. The second kappa shape index (κ2) is 8.34. The number of hydrogen-bond acceptors (Lipinski definition) is 6. The standard InChI is InChI=1S/C21H30N6O2/c1-15-13-17(6-5-16(15)14-23-4)27-8-7-18(24-20(27)29)25-9-11-26(12-10-25)19(28)21(2,3)22/h5-8,13,23H,9-12,14,22H2,1-4H3. The van der Waals surface area contributed by atoms with Gasteiger partial charge in [-0.25, -0.2) is 4.79 Å². The van der Waals surface area contributed by atoms with Gasteiger partial charge in [0, 0.05) is 38.9 Å². The highest BCUT2D eigenvalue weighted by molar-refractivity contribution is 5.85. The Hall–Kier alpha value is -2.71.